The topological polar surface area (TPSA) is 61.4 Å². The Hall–Kier alpha value is -1.10. The molecule has 1 saturated heterocycles. The number of hydrogen-bond donors (Lipinski definition) is 2. The van der Waals surface area contributed by atoms with Crippen LogP contribution in [0.2, 0.25) is 0 Å². The fraction of sp³-hybridized carbons (Fsp3) is 0.818. The highest BCUT2D eigenvalue weighted by Gasteiger charge is 2.22. The van der Waals surface area contributed by atoms with Crippen molar-refractivity contribution in [2.24, 2.45) is 0 Å². The average molecular weight is 225 g/mol. The first-order chi connectivity index (χ1) is 7.75. The van der Waals surface area contributed by atoms with Crippen LogP contribution in [0.3, 0.4) is 0 Å². The summed E-state index contributed by atoms with van der Waals surface area (Å²) in [5.74, 6) is 0.0474. The fourth-order valence-corrected chi connectivity index (χ4v) is 1.85. The molecule has 5 heteroatoms. The van der Waals surface area contributed by atoms with Crippen molar-refractivity contribution in [1.29, 1.82) is 0 Å². The lowest BCUT2D eigenvalue weighted by atomic mass is 10.3. The zero-order valence-electron chi connectivity index (χ0n) is 9.50. The molecule has 2 rings (SSSR count). The highest BCUT2D eigenvalue weighted by molar-refractivity contribution is 5.85. The van der Waals surface area contributed by atoms with E-state index in [9.17, 15) is 9.59 Å². The van der Waals surface area contributed by atoms with Gasteiger partial charge in [0.15, 0.2) is 0 Å². The van der Waals surface area contributed by atoms with Crippen molar-refractivity contribution in [1.82, 2.24) is 15.5 Å². The van der Waals surface area contributed by atoms with Gasteiger partial charge in [-0.1, -0.05) is 0 Å². The maximum absolute atomic E-state index is 11.8. The smallest absolute Gasteiger partial charge is 0.239 e. The Kier molecular flexibility index (Phi) is 3.77. The number of carbonyl (C=O) groups is 2. The van der Waals surface area contributed by atoms with Gasteiger partial charge >= 0.3 is 0 Å². The Bertz CT molecular complexity index is 276. The molecular weight excluding hydrogens is 206 g/mol. The Balaban J connectivity index is 1.70. The van der Waals surface area contributed by atoms with E-state index in [-0.39, 0.29) is 18.4 Å². The van der Waals surface area contributed by atoms with Gasteiger partial charge in [0.05, 0.1) is 6.54 Å². The second kappa shape index (κ2) is 5.30. The monoisotopic (exact) mass is 225 g/mol. The second-order valence-electron chi connectivity index (χ2n) is 4.50. The van der Waals surface area contributed by atoms with E-state index in [1.165, 1.54) is 12.8 Å². The van der Waals surface area contributed by atoms with Gasteiger partial charge in [0.1, 0.15) is 0 Å². The van der Waals surface area contributed by atoms with Gasteiger partial charge in [-0.3, -0.25) is 9.59 Å². The number of nitrogens with zero attached hydrogens (tertiary/aromatic N) is 1. The summed E-state index contributed by atoms with van der Waals surface area (Å²) in [5.41, 5.74) is 0. The molecule has 1 aliphatic heterocycles. The minimum atomic E-state index is -0.0407. The van der Waals surface area contributed by atoms with E-state index < -0.39 is 0 Å². The largest absolute Gasteiger partial charge is 0.354 e. The molecular formula is C11H19N3O2. The molecule has 0 atom stereocenters. The van der Waals surface area contributed by atoms with Gasteiger partial charge in [-0.2, -0.15) is 0 Å². The number of carbonyl (C=O) groups excluding carboxylic acids is 2. The zero-order chi connectivity index (χ0) is 11.4. The van der Waals surface area contributed by atoms with Crippen LogP contribution in [0.5, 0.6) is 0 Å². The standard InChI is InChI=1S/C11H19N3O2/c15-10-8-14(7-1-5-13-10)11(16)4-6-12-9-2-3-9/h9,12H,1-8H2,(H,13,15). The van der Waals surface area contributed by atoms with Gasteiger partial charge in [0, 0.05) is 32.1 Å². The van der Waals surface area contributed by atoms with Gasteiger partial charge in [-0.25, -0.2) is 0 Å². The average Bonchev–Trinajstić information content (AvgIpc) is 3.05. The minimum Gasteiger partial charge on any atom is -0.354 e. The highest BCUT2D eigenvalue weighted by Crippen LogP contribution is 2.18. The maximum atomic E-state index is 11.8. The van der Waals surface area contributed by atoms with E-state index in [2.05, 4.69) is 10.6 Å². The predicted octanol–water partition coefficient (Wildman–Crippen LogP) is -0.523. The summed E-state index contributed by atoms with van der Waals surface area (Å²) in [6.07, 6.45) is 3.83. The predicted molar refractivity (Wildman–Crippen MR) is 59.8 cm³/mol. The van der Waals surface area contributed by atoms with Crippen molar-refractivity contribution < 1.29 is 9.59 Å². The molecule has 1 aliphatic carbocycles. The molecule has 2 fully saturated rings. The van der Waals surface area contributed by atoms with Crippen LogP contribution in [0.4, 0.5) is 0 Å². The van der Waals surface area contributed by atoms with Crippen LogP contribution in [-0.4, -0.2) is 48.9 Å². The van der Waals surface area contributed by atoms with Crippen LogP contribution in [0, 0.1) is 0 Å². The minimum absolute atomic E-state index is 0.0407. The van der Waals surface area contributed by atoms with Crippen LogP contribution < -0.4 is 10.6 Å². The van der Waals surface area contributed by atoms with Gasteiger partial charge < -0.3 is 15.5 Å². The third kappa shape index (κ3) is 3.48. The number of nitrogens with one attached hydrogen (secondary N) is 2. The van der Waals surface area contributed by atoms with Crippen molar-refractivity contribution in [2.45, 2.75) is 31.7 Å². The molecule has 1 saturated carbocycles. The normalized spacial score (nSPS) is 21.5. The Morgan fingerprint density at radius 1 is 1.50 bits per heavy atom. The molecule has 0 radical (unpaired) electrons. The van der Waals surface area contributed by atoms with E-state index in [1.54, 1.807) is 4.90 Å². The van der Waals surface area contributed by atoms with Crippen molar-refractivity contribution in [3.8, 4) is 0 Å². The number of hydrogen-bond acceptors (Lipinski definition) is 3. The quantitative estimate of drug-likeness (QED) is 0.676. The van der Waals surface area contributed by atoms with Crippen molar-refractivity contribution >= 4 is 11.8 Å². The third-order valence-electron chi connectivity index (χ3n) is 2.96. The van der Waals surface area contributed by atoms with Crippen LogP contribution in [-0.2, 0) is 9.59 Å². The first kappa shape index (κ1) is 11.4. The fourth-order valence-electron chi connectivity index (χ4n) is 1.85. The van der Waals surface area contributed by atoms with Crippen LogP contribution in [0.15, 0.2) is 0 Å². The van der Waals surface area contributed by atoms with Crippen molar-refractivity contribution in [3.05, 3.63) is 0 Å². The molecule has 16 heavy (non-hydrogen) atoms. The molecule has 2 amide bonds. The Morgan fingerprint density at radius 3 is 3.06 bits per heavy atom. The highest BCUT2D eigenvalue weighted by atomic mass is 16.2. The summed E-state index contributed by atoms with van der Waals surface area (Å²) in [6, 6.07) is 0.639. The summed E-state index contributed by atoms with van der Waals surface area (Å²) < 4.78 is 0. The molecule has 90 valence electrons. The molecule has 0 spiro atoms. The summed E-state index contributed by atoms with van der Waals surface area (Å²) in [6.45, 7) is 2.34. The van der Waals surface area contributed by atoms with Crippen LogP contribution >= 0.6 is 0 Å². The molecule has 2 N–H and O–H groups in total. The zero-order valence-corrected chi connectivity index (χ0v) is 9.50. The molecule has 2 aliphatic rings. The van der Waals surface area contributed by atoms with E-state index in [1.807, 2.05) is 0 Å². The summed E-state index contributed by atoms with van der Waals surface area (Å²) in [7, 11) is 0. The molecule has 0 aromatic heterocycles. The van der Waals surface area contributed by atoms with E-state index in [4.69, 9.17) is 0 Å². The Labute approximate surface area is 95.6 Å². The van der Waals surface area contributed by atoms with Crippen molar-refractivity contribution in [3.63, 3.8) is 0 Å². The van der Waals surface area contributed by atoms with Crippen LogP contribution in [0.25, 0.3) is 0 Å². The van der Waals surface area contributed by atoms with Gasteiger partial charge in [0.2, 0.25) is 11.8 Å². The maximum Gasteiger partial charge on any atom is 0.239 e. The summed E-state index contributed by atoms with van der Waals surface area (Å²) in [5, 5.41) is 6.07. The SMILES string of the molecule is O=C1CN(C(=O)CCNC2CC2)CCCN1. The second-order valence-corrected chi connectivity index (χ2v) is 4.50. The lowest BCUT2D eigenvalue weighted by Crippen LogP contribution is -2.38. The van der Waals surface area contributed by atoms with Crippen LogP contribution in [0.1, 0.15) is 25.7 Å². The number of amides is 2. The molecule has 0 bridgehead atoms. The summed E-state index contributed by atoms with van der Waals surface area (Å²) in [4.78, 5) is 24.7. The van der Waals surface area contributed by atoms with Gasteiger partial charge in [-0.05, 0) is 19.3 Å². The van der Waals surface area contributed by atoms with Crippen molar-refractivity contribution in [2.75, 3.05) is 26.2 Å². The van der Waals surface area contributed by atoms with E-state index in [0.29, 0.717) is 25.6 Å². The summed E-state index contributed by atoms with van der Waals surface area (Å²) >= 11 is 0. The van der Waals surface area contributed by atoms with E-state index in [0.717, 1.165) is 13.0 Å². The third-order valence-corrected chi connectivity index (χ3v) is 2.96. The molecule has 0 aromatic carbocycles. The molecule has 0 aromatic rings. The first-order valence-corrected chi connectivity index (χ1v) is 6.03. The van der Waals surface area contributed by atoms with Gasteiger partial charge in [0.25, 0.3) is 0 Å². The molecule has 1 heterocycles. The lowest BCUT2D eigenvalue weighted by Gasteiger charge is -2.18. The lowest BCUT2D eigenvalue weighted by molar-refractivity contribution is -0.135. The van der Waals surface area contributed by atoms with Gasteiger partial charge in [-0.15, -0.1) is 0 Å². The van der Waals surface area contributed by atoms with E-state index >= 15 is 0 Å². The Morgan fingerprint density at radius 2 is 2.31 bits per heavy atom. The molecule has 5 nitrogen and oxygen atoms in total. The first-order valence-electron chi connectivity index (χ1n) is 6.03. The molecule has 0 unspecified atom stereocenters. The number of rotatable bonds is 4.